The summed E-state index contributed by atoms with van der Waals surface area (Å²) in [4.78, 5) is 12.7. The molecule has 4 heteroatoms. The normalized spacial score (nSPS) is 10.5. The fourth-order valence-electron chi connectivity index (χ4n) is 2.97. The van der Waals surface area contributed by atoms with E-state index in [9.17, 15) is 4.79 Å². The van der Waals surface area contributed by atoms with Gasteiger partial charge in [0.25, 0.3) is 5.91 Å². The molecule has 0 aliphatic carbocycles. The van der Waals surface area contributed by atoms with E-state index in [0.717, 1.165) is 27.9 Å². The Morgan fingerprint density at radius 3 is 2.46 bits per heavy atom. The second-order valence-corrected chi connectivity index (χ2v) is 6.71. The van der Waals surface area contributed by atoms with E-state index in [1.807, 2.05) is 68.4 Å². The molecule has 0 heterocycles. The molecule has 0 fully saturated rings. The Bertz CT molecular complexity index is 951. The van der Waals surface area contributed by atoms with Crippen LogP contribution in [-0.4, -0.2) is 13.0 Å². The van der Waals surface area contributed by atoms with Crippen LogP contribution >= 0.6 is 0 Å². The lowest BCUT2D eigenvalue weighted by atomic mass is 10.1. The Morgan fingerprint density at radius 2 is 1.71 bits per heavy atom. The Kier molecular flexibility index (Phi) is 6.45. The predicted octanol–water partition coefficient (Wildman–Crippen LogP) is 5.28. The fraction of sp³-hybridized carbons (Fsp3) is 0.208. The number of aryl methyl sites for hydroxylation is 1. The van der Waals surface area contributed by atoms with Crippen molar-refractivity contribution in [1.82, 2.24) is 0 Å². The number of hydrogen-bond acceptors (Lipinski definition) is 3. The van der Waals surface area contributed by atoms with Crippen molar-refractivity contribution in [3.05, 3.63) is 94.5 Å². The third kappa shape index (κ3) is 4.78. The van der Waals surface area contributed by atoms with Gasteiger partial charge in [0.05, 0.1) is 20.3 Å². The monoisotopic (exact) mass is 375 g/mol. The predicted molar refractivity (Wildman–Crippen MR) is 112 cm³/mol. The molecular formula is C24H25NO3. The van der Waals surface area contributed by atoms with Crippen LogP contribution in [0.25, 0.3) is 0 Å². The number of nitrogens with one attached hydrogen (secondary N) is 1. The van der Waals surface area contributed by atoms with Crippen molar-refractivity contribution in [2.24, 2.45) is 0 Å². The van der Waals surface area contributed by atoms with Crippen LogP contribution in [0.2, 0.25) is 0 Å². The zero-order valence-corrected chi connectivity index (χ0v) is 16.5. The maximum atomic E-state index is 12.7. The Labute approximate surface area is 166 Å². The first-order chi connectivity index (χ1) is 13.6. The number of rotatable bonds is 7. The number of amides is 1. The number of methoxy groups -OCH3 is 1. The molecule has 0 aromatic heterocycles. The molecule has 3 rings (SSSR count). The minimum Gasteiger partial charge on any atom is -0.496 e. The maximum absolute atomic E-state index is 12.7. The van der Waals surface area contributed by atoms with Crippen LogP contribution in [0.15, 0.2) is 66.7 Å². The first kappa shape index (κ1) is 19.6. The molecule has 144 valence electrons. The number of anilines is 1. The zero-order chi connectivity index (χ0) is 19.9. The van der Waals surface area contributed by atoms with Gasteiger partial charge in [0, 0.05) is 16.8 Å². The minimum atomic E-state index is -0.152. The molecule has 3 aromatic carbocycles. The summed E-state index contributed by atoms with van der Waals surface area (Å²) in [7, 11) is 1.62. The third-order valence-corrected chi connectivity index (χ3v) is 4.76. The molecule has 0 bridgehead atoms. The summed E-state index contributed by atoms with van der Waals surface area (Å²) in [6.45, 7) is 4.90. The van der Waals surface area contributed by atoms with Crippen molar-refractivity contribution < 1.29 is 14.3 Å². The summed E-state index contributed by atoms with van der Waals surface area (Å²) in [5.41, 5.74) is 5.54. The Morgan fingerprint density at radius 1 is 0.929 bits per heavy atom. The summed E-state index contributed by atoms with van der Waals surface area (Å²) < 4.78 is 11.2. The van der Waals surface area contributed by atoms with Crippen LogP contribution < -0.4 is 10.1 Å². The third-order valence-electron chi connectivity index (χ3n) is 4.76. The van der Waals surface area contributed by atoms with Gasteiger partial charge in [0.1, 0.15) is 5.75 Å². The van der Waals surface area contributed by atoms with Gasteiger partial charge >= 0.3 is 0 Å². The summed E-state index contributed by atoms with van der Waals surface area (Å²) in [5.74, 6) is 0.553. The van der Waals surface area contributed by atoms with Crippen LogP contribution in [0.1, 0.15) is 32.6 Å². The Balaban J connectivity index is 1.72. The maximum Gasteiger partial charge on any atom is 0.255 e. The van der Waals surface area contributed by atoms with Crippen molar-refractivity contribution in [3.8, 4) is 5.75 Å². The molecule has 0 unspecified atom stereocenters. The average molecular weight is 375 g/mol. The molecule has 1 amide bonds. The van der Waals surface area contributed by atoms with E-state index < -0.39 is 0 Å². The number of carbonyl (C=O) groups excluding carboxylic acids is 1. The lowest BCUT2D eigenvalue weighted by molar-refractivity contribution is 0.102. The average Bonchev–Trinajstić information content (AvgIpc) is 2.72. The van der Waals surface area contributed by atoms with E-state index in [1.54, 1.807) is 19.2 Å². The van der Waals surface area contributed by atoms with E-state index in [-0.39, 0.29) is 5.91 Å². The molecular weight excluding hydrogens is 350 g/mol. The van der Waals surface area contributed by atoms with Crippen molar-refractivity contribution >= 4 is 11.6 Å². The summed E-state index contributed by atoms with van der Waals surface area (Å²) >= 11 is 0. The molecule has 0 saturated heterocycles. The molecule has 0 spiro atoms. The van der Waals surface area contributed by atoms with Gasteiger partial charge in [-0.1, -0.05) is 42.5 Å². The topological polar surface area (TPSA) is 47.6 Å². The van der Waals surface area contributed by atoms with E-state index >= 15 is 0 Å². The highest BCUT2D eigenvalue weighted by Crippen LogP contribution is 2.23. The SMILES string of the molecule is COc1ccc(C(=O)Nc2cccc(C)c2C)cc1COCc1ccccc1. The molecule has 1 N–H and O–H groups in total. The van der Waals surface area contributed by atoms with E-state index in [0.29, 0.717) is 24.5 Å². The summed E-state index contributed by atoms with van der Waals surface area (Å²) in [6.07, 6.45) is 0. The van der Waals surface area contributed by atoms with Crippen molar-refractivity contribution in [2.45, 2.75) is 27.1 Å². The first-order valence-corrected chi connectivity index (χ1v) is 9.24. The quantitative estimate of drug-likeness (QED) is 0.611. The van der Waals surface area contributed by atoms with E-state index in [2.05, 4.69) is 5.32 Å². The highest BCUT2D eigenvalue weighted by Gasteiger charge is 2.12. The molecule has 3 aromatic rings. The van der Waals surface area contributed by atoms with Crippen LogP contribution in [-0.2, 0) is 18.0 Å². The molecule has 4 nitrogen and oxygen atoms in total. The molecule has 28 heavy (non-hydrogen) atoms. The largest absolute Gasteiger partial charge is 0.496 e. The van der Waals surface area contributed by atoms with Crippen LogP contribution in [0.3, 0.4) is 0 Å². The molecule has 0 radical (unpaired) electrons. The van der Waals surface area contributed by atoms with Gasteiger partial charge in [-0.05, 0) is 54.8 Å². The van der Waals surface area contributed by atoms with Gasteiger partial charge in [-0.3, -0.25) is 4.79 Å². The lowest BCUT2D eigenvalue weighted by Gasteiger charge is -2.13. The standard InChI is InChI=1S/C24H25NO3/c1-17-8-7-11-22(18(17)2)25-24(26)20-12-13-23(27-3)21(14-20)16-28-15-19-9-5-4-6-10-19/h4-14H,15-16H2,1-3H3,(H,25,26). The highest BCUT2D eigenvalue weighted by atomic mass is 16.5. The smallest absolute Gasteiger partial charge is 0.255 e. The summed E-state index contributed by atoms with van der Waals surface area (Å²) in [5, 5.41) is 2.99. The lowest BCUT2D eigenvalue weighted by Crippen LogP contribution is -2.13. The van der Waals surface area contributed by atoms with Crippen LogP contribution in [0, 0.1) is 13.8 Å². The van der Waals surface area contributed by atoms with Crippen LogP contribution in [0.4, 0.5) is 5.69 Å². The number of carbonyl (C=O) groups is 1. The molecule has 0 atom stereocenters. The fourth-order valence-corrected chi connectivity index (χ4v) is 2.97. The van der Waals surface area contributed by atoms with Gasteiger partial charge in [0.2, 0.25) is 0 Å². The number of hydrogen-bond donors (Lipinski definition) is 1. The van der Waals surface area contributed by atoms with E-state index in [4.69, 9.17) is 9.47 Å². The van der Waals surface area contributed by atoms with Gasteiger partial charge < -0.3 is 14.8 Å². The Hall–Kier alpha value is -3.11. The highest BCUT2D eigenvalue weighted by molar-refractivity contribution is 6.05. The second-order valence-electron chi connectivity index (χ2n) is 6.71. The first-order valence-electron chi connectivity index (χ1n) is 9.24. The second kappa shape index (κ2) is 9.20. The minimum absolute atomic E-state index is 0.152. The number of benzene rings is 3. The van der Waals surface area contributed by atoms with E-state index in [1.165, 1.54) is 0 Å². The van der Waals surface area contributed by atoms with Crippen molar-refractivity contribution in [2.75, 3.05) is 12.4 Å². The van der Waals surface area contributed by atoms with Gasteiger partial charge in [-0.2, -0.15) is 0 Å². The van der Waals surface area contributed by atoms with Gasteiger partial charge in [-0.15, -0.1) is 0 Å². The van der Waals surface area contributed by atoms with Gasteiger partial charge in [0.15, 0.2) is 0 Å². The van der Waals surface area contributed by atoms with Gasteiger partial charge in [-0.25, -0.2) is 0 Å². The summed E-state index contributed by atoms with van der Waals surface area (Å²) in [6, 6.07) is 21.3. The molecule has 0 saturated carbocycles. The van der Waals surface area contributed by atoms with Crippen molar-refractivity contribution in [1.29, 1.82) is 0 Å². The zero-order valence-electron chi connectivity index (χ0n) is 16.5. The van der Waals surface area contributed by atoms with Crippen molar-refractivity contribution in [3.63, 3.8) is 0 Å². The number of ether oxygens (including phenoxy) is 2. The molecule has 0 aliphatic rings. The van der Waals surface area contributed by atoms with Crippen LogP contribution in [0.5, 0.6) is 5.75 Å². The molecule has 0 aliphatic heterocycles.